The summed E-state index contributed by atoms with van der Waals surface area (Å²) in [6.07, 6.45) is 1.52. The molecule has 0 saturated carbocycles. The van der Waals surface area contributed by atoms with Crippen molar-refractivity contribution < 1.29 is 9.18 Å². The molecule has 35 heavy (non-hydrogen) atoms. The van der Waals surface area contributed by atoms with Crippen LogP contribution in [0.3, 0.4) is 0 Å². The van der Waals surface area contributed by atoms with Gasteiger partial charge in [-0.3, -0.25) is 0 Å². The van der Waals surface area contributed by atoms with Gasteiger partial charge in [0.05, 0.1) is 11.9 Å². The molecule has 0 spiro atoms. The molecule has 1 heterocycles. The number of anilines is 2. The van der Waals surface area contributed by atoms with E-state index < -0.39 is 11.8 Å². The SMILES string of the molecule is CC(C)c1cccc(C(C)C)c1NC(=O)Nc1cnc(-c2ccccc2)nc1-c1ccccc1F. The zero-order chi connectivity index (χ0) is 24.9. The average molecular weight is 469 g/mol. The molecule has 0 radical (unpaired) electrons. The van der Waals surface area contributed by atoms with Crippen LogP contribution in [0.4, 0.5) is 20.6 Å². The van der Waals surface area contributed by atoms with Crippen LogP contribution in [0.5, 0.6) is 0 Å². The fourth-order valence-electron chi connectivity index (χ4n) is 4.02. The van der Waals surface area contributed by atoms with Crippen molar-refractivity contribution in [3.8, 4) is 22.6 Å². The Kier molecular flexibility index (Phi) is 7.20. The van der Waals surface area contributed by atoms with Crippen molar-refractivity contribution in [2.24, 2.45) is 0 Å². The molecule has 0 bridgehead atoms. The van der Waals surface area contributed by atoms with Crippen LogP contribution in [0, 0.1) is 5.82 Å². The number of rotatable bonds is 6. The maximum atomic E-state index is 14.8. The van der Waals surface area contributed by atoms with Crippen LogP contribution in [0.15, 0.2) is 79.0 Å². The first-order chi connectivity index (χ1) is 16.8. The Balaban J connectivity index is 1.72. The minimum atomic E-state index is -0.436. The standard InChI is InChI=1S/C29H29FN4O/c1-18(2)21-14-10-15-22(19(3)4)26(21)34-29(35)32-25-17-31-28(20-11-6-5-7-12-20)33-27(25)23-13-8-9-16-24(23)30/h5-19H,1-4H3,(H2,32,34,35). The Morgan fingerprint density at radius 3 is 2.06 bits per heavy atom. The van der Waals surface area contributed by atoms with Gasteiger partial charge in [0.15, 0.2) is 5.82 Å². The van der Waals surface area contributed by atoms with Gasteiger partial charge in [-0.2, -0.15) is 0 Å². The predicted molar refractivity (Wildman–Crippen MR) is 140 cm³/mol. The van der Waals surface area contributed by atoms with E-state index in [0.717, 1.165) is 22.4 Å². The maximum absolute atomic E-state index is 14.8. The Bertz CT molecular complexity index is 1310. The molecule has 0 atom stereocenters. The number of hydrogen-bond acceptors (Lipinski definition) is 3. The first-order valence-corrected chi connectivity index (χ1v) is 11.7. The quantitative estimate of drug-likeness (QED) is 0.303. The summed E-state index contributed by atoms with van der Waals surface area (Å²) in [5.74, 6) is 0.473. The van der Waals surface area contributed by atoms with Gasteiger partial charge in [0.1, 0.15) is 11.5 Å². The highest BCUT2D eigenvalue weighted by Gasteiger charge is 2.19. The van der Waals surface area contributed by atoms with Crippen LogP contribution >= 0.6 is 0 Å². The highest BCUT2D eigenvalue weighted by Crippen LogP contribution is 2.33. The second-order valence-electron chi connectivity index (χ2n) is 9.00. The monoisotopic (exact) mass is 468 g/mol. The number of halogens is 1. The molecule has 0 saturated heterocycles. The van der Waals surface area contributed by atoms with Gasteiger partial charge in [-0.25, -0.2) is 19.2 Å². The number of amides is 2. The fourth-order valence-corrected chi connectivity index (χ4v) is 4.02. The third kappa shape index (κ3) is 5.38. The predicted octanol–water partition coefficient (Wildman–Crippen LogP) is 7.84. The largest absolute Gasteiger partial charge is 0.323 e. The van der Waals surface area contributed by atoms with E-state index >= 15 is 0 Å². The molecule has 2 amide bonds. The topological polar surface area (TPSA) is 66.9 Å². The summed E-state index contributed by atoms with van der Waals surface area (Å²) >= 11 is 0. The van der Waals surface area contributed by atoms with E-state index in [4.69, 9.17) is 0 Å². The van der Waals surface area contributed by atoms with Crippen molar-refractivity contribution in [1.29, 1.82) is 0 Å². The van der Waals surface area contributed by atoms with E-state index in [-0.39, 0.29) is 17.4 Å². The van der Waals surface area contributed by atoms with Crippen molar-refractivity contribution in [2.45, 2.75) is 39.5 Å². The first-order valence-electron chi connectivity index (χ1n) is 11.7. The van der Waals surface area contributed by atoms with Gasteiger partial charge >= 0.3 is 6.03 Å². The van der Waals surface area contributed by atoms with E-state index in [1.54, 1.807) is 18.2 Å². The number of carbonyl (C=O) groups excluding carboxylic acids is 1. The number of nitrogens with one attached hydrogen (secondary N) is 2. The lowest BCUT2D eigenvalue weighted by molar-refractivity contribution is 0.262. The summed E-state index contributed by atoms with van der Waals surface area (Å²) in [4.78, 5) is 22.3. The molecule has 4 rings (SSSR count). The lowest BCUT2D eigenvalue weighted by Gasteiger charge is -2.20. The minimum Gasteiger partial charge on any atom is -0.307 e. The molecule has 2 N–H and O–H groups in total. The van der Waals surface area contributed by atoms with Crippen LogP contribution in [0.1, 0.15) is 50.7 Å². The molecular formula is C29H29FN4O. The highest BCUT2D eigenvalue weighted by molar-refractivity contribution is 6.03. The molecule has 0 unspecified atom stereocenters. The number of benzene rings is 3. The van der Waals surface area contributed by atoms with Crippen LogP contribution < -0.4 is 10.6 Å². The number of nitrogens with zero attached hydrogens (tertiary/aromatic N) is 2. The van der Waals surface area contributed by atoms with Crippen LogP contribution in [-0.2, 0) is 0 Å². The van der Waals surface area contributed by atoms with Crippen LogP contribution in [0.25, 0.3) is 22.6 Å². The lowest BCUT2D eigenvalue weighted by atomic mass is 9.93. The minimum absolute atomic E-state index is 0.228. The van der Waals surface area contributed by atoms with Crippen molar-refractivity contribution in [2.75, 3.05) is 10.6 Å². The Morgan fingerprint density at radius 1 is 0.800 bits per heavy atom. The van der Waals surface area contributed by atoms with Crippen molar-refractivity contribution >= 4 is 17.4 Å². The van der Waals surface area contributed by atoms with Gasteiger partial charge in [-0.1, -0.05) is 88.4 Å². The molecule has 6 heteroatoms. The third-order valence-corrected chi connectivity index (χ3v) is 5.81. The number of urea groups is 1. The van der Waals surface area contributed by atoms with Crippen LogP contribution in [-0.4, -0.2) is 16.0 Å². The van der Waals surface area contributed by atoms with Gasteiger partial charge in [0, 0.05) is 16.8 Å². The van der Waals surface area contributed by atoms with E-state index in [0.29, 0.717) is 17.2 Å². The molecular weight excluding hydrogens is 439 g/mol. The van der Waals surface area contributed by atoms with Crippen LogP contribution in [0.2, 0.25) is 0 Å². The Hall–Kier alpha value is -4.06. The van der Waals surface area contributed by atoms with E-state index in [9.17, 15) is 9.18 Å². The summed E-state index contributed by atoms with van der Waals surface area (Å²) in [7, 11) is 0. The number of carbonyl (C=O) groups is 1. The molecule has 0 aliphatic heterocycles. The van der Waals surface area contributed by atoms with Gasteiger partial charge in [0.2, 0.25) is 0 Å². The van der Waals surface area contributed by atoms with Crippen molar-refractivity contribution in [3.63, 3.8) is 0 Å². The molecule has 178 valence electrons. The maximum Gasteiger partial charge on any atom is 0.323 e. The molecule has 3 aromatic carbocycles. The highest BCUT2D eigenvalue weighted by atomic mass is 19.1. The number of para-hydroxylation sites is 1. The zero-order valence-corrected chi connectivity index (χ0v) is 20.3. The molecule has 0 fully saturated rings. The van der Waals surface area contributed by atoms with Crippen molar-refractivity contribution in [3.05, 3.63) is 95.9 Å². The number of hydrogen-bond donors (Lipinski definition) is 2. The summed E-state index contributed by atoms with van der Waals surface area (Å²) in [6.45, 7) is 8.37. The fraction of sp³-hybridized carbons (Fsp3) is 0.207. The van der Waals surface area contributed by atoms with Gasteiger partial charge in [-0.05, 0) is 35.1 Å². The third-order valence-electron chi connectivity index (χ3n) is 5.81. The smallest absolute Gasteiger partial charge is 0.307 e. The van der Waals surface area contributed by atoms with Crippen molar-refractivity contribution in [1.82, 2.24) is 9.97 Å². The van der Waals surface area contributed by atoms with E-state index in [1.165, 1.54) is 12.3 Å². The van der Waals surface area contributed by atoms with Gasteiger partial charge in [0.25, 0.3) is 0 Å². The zero-order valence-electron chi connectivity index (χ0n) is 20.3. The Morgan fingerprint density at radius 2 is 1.43 bits per heavy atom. The molecule has 0 aliphatic rings. The second kappa shape index (κ2) is 10.5. The first kappa shape index (κ1) is 24.1. The molecule has 4 aromatic rings. The van der Waals surface area contributed by atoms with E-state index in [1.807, 2.05) is 48.5 Å². The normalized spacial score (nSPS) is 11.1. The molecule has 5 nitrogen and oxygen atoms in total. The summed E-state index contributed by atoms with van der Waals surface area (Å²) in [6, 6.07) is 21.4. The Labute approximate surface area is 205 Å². The lowest BCUT2D eigenvalue weighted by Crippen LogP contribution is -2.22. The molecule has 0 aliphatic carbocycles. The average Bonchev–Trinajstić information content (AvgIpc) is 2.85. The summed E-state index contributed by atoms with van der Waals surface area (Å²) in [5.41, 5.74) is 4.62. The summed E-state index contributed by atoms with van der Waals surface area (Å²) in [5, 5.41) is 5.88. The summed E-state index contributed by atoms with van der Waals surface area (Å²) < 4.78 is 14.8. The van der Waals surface area contributed by atoms with Gasteiger partial charge < -0.3 is 10.6 Å². The molecule has 1 aromatic heterocycles. The van der Waals surface area contributed by atoms with E-state index in [2.05, 4.69) is 48.3 Å². The second-order valence-corrected chi connectivity index (χ2v) is 9.00. The van der Waals surface area contributed by atoms with Gasteiger partial charge in [-0.15, -0.1) is 0 Å². The number of aromatic nitrogens is 2.